The number of hydrogen-bond donors (Lipinski definition) is 1. The van der Waals surface area contributed by atoms with E-state index in [1.54, 1.807) is 18.9 Å². The molecule has 0 unspecified atom stereocenters. The molecule has 0 saturated carbocycles. The molecule has 0 aromatic carbocycles. The molecule has 126 valence electrons. The van der Waals surface area contributed by atoms with E-state index in [2.05, 4.69) is 4.98 Å². The number of carbonyl (C=O) groups excluding carboxylic acids is 1. The number of aromatic nitrogens is 2. The number of likely N-dealkylation sites (tertiary alicyclic amines) is 1. The predicted octanol–water partition coefficient (Wildman–Crippen LogP) is -1.03. The van der Waals surface area contributed by atoms with E-state index in [1.165, 1.54) is 10.8 Å². The number of nitrogens with one attached hydrogen (secondary N) is 1. The smallest absolute Gasteiger partial charge is 0.328 e. The Hall–Kier alpha value is -1.93. The van der Waals surface area contributed by atoms with Gasteiger partial charge in [-0.25, -0.2) is 4.79 Å². The minimum absolute atomic E-state index is 0.0763. The number of methoxy groups -OCH3 is 1. The minimum atomic E-state index is -0.566. The SMILES string of the molecule is COC[C@@]12COC[C@@H]1CN(C(=O)Cn1cc(C)c(=O)[nH]c1=O)C2. The molecule has 0 bridgehead atoms. The van der Waals surface area contributed by atoms with E-state index >= 15 is 0 Å². The van der Waals surface area contributed by atoms with Crippen molar-refractivity contribution in [2.75, 3.05) is 40.0 Å². The maximum atomic E-state index is 12.5. The number of hydrogen-bond acceptors (Lipinski definition) is 5. The first kappa shape index (κ1) is 15.9. The molecule has 0 aliphatic carbocycles. The molecule has 23 heavy (non-hydrogen) atoms. The summed E-state index contributed by atoms with van der Waals surface area (Å²) in [5, 5.41) is 0. The van der Waals surface area contributed by atoms with Crippen molar-refractivity contribution in [3.05, 3.63) is 32.6 Å². The highest BCUT2D eigenvalue weighted by molar-refractivity contribution is 5.76. The standard InChI is InChI=1S/C15H21N3O5/c1-10-3-17(14(21)16-13(10)20)5-12(19)18-4-11-6-23-9-15(11,7-18)8-22-2/h3,11H,4-9H2,1-2H3,(H,16,20,21)/t11-,15-/m0/s1. The van der Waals surface area contributed by atoms with Crippen LogP contribution < -0.4 is 11.2 Å². The molecule has 1 aromatic rings. The fourth-order valence-electron chi connectivity index (χ4n) is 3.50. The van der Waals surface area contributed by atoms with Gasteiger partial charge < -0.3 is 14.4 Å². The normalized spacial score (nSPS) is 26.5. The lowest BCUT2D eigenvalue weighted by Crippen LogP contribution is -2.40. The average molecular weight is 323 g/mol. The molecule has 1 aromatic heterocycles. The molecular formula is C15H21N3O5. The summed E-state index contributed by atoms with van der Waals surface area (Å²) in [5.41, 5.74) is -0.732. The van der Waals surface area contributed by atoms with Crippen molar-refractivity contribution >= 4 is 5.91 Å². The Kier molecular flexibility index (Phi) is 4.11. The molecule has 1 amide bonds. The molecule has 2 fully saturated rings. The van der Waals surface area contributed by atoms with E-state index in [1.807, 2.05) is 0 Å². The third kappa shape index (κ3) is 2.84. The van der Waals surface area contributed by atoms with Crippen molar-refractivity contribution in [3.8, 4) is 0 Å². The summed E-state index contributed by atoms with van der Waals surface area (Å²) >= 11 is 0. The summed E-state index contributed by atoms with van der Waals surface area (Å²) in [5.74, 6) is 0.129. The van der Waals surface area contributed by atoms with Crippen LogP contribution in [-0.4, -0.2) is 60.4 Å². The zero-order valence-electron chi connectivity index (χ0n) is 13.3. The van der Waals surface area contributed by atoms with Gasteiger partial charge in [0.25, 0.3) is 5.56 Å². The molecule has 3 heterocycles. The van der Waals surface area contributed by atoms with Crippen LogP contribution >= 0.6 is 0 Å². The van der Waals surface area contributed by atoms with Crippen molar-refractivity contribution in [1.29, 1.82) is 0 Å². The highest BCUT2D eigenvalue weighted by Gasteiger charge is 2.51. The van der Waals surface area contributed by atoms with Gasteiger partial charge in [-0.05, 0) is 6.92 Å². The fraction of sp³-hybridized carbons (Fsp3) is 0.667. The minimum Gasteiger partial charge on any atom is -0.384 e. The zero-order valence-corrected chi connectivity index (χ0v) is 13.3. The molecule has 2 aliphatic heterocycles. The van der Waals surface area contributed by atoms with Gasteiger partial charge in [-0.3, -0.25) is 19.1 Å². The summed E-state index contributed by atoms with van der Waals surface area (Å²) in [4.78, 5) is 39.7. The molecule has 3 rings (SSSR count). The Morgan fingerprint density at radius 1 is 1.52 bits per heavy atom. The van der Waals surface area contributed by atoms with Gasteiger partial charge in [0.2, 0.25) is 5.91 Å². The summed E-state index contributed by atoms with van der Waals surface area (Å²) < 4.78 is 12.1. The van der Waals surface area contributed by atoms with Crippen LogP contribution in [0.2, 0.25) is 0 Å². The summed E-state index contributed by atoms with van der Waals surface area (Å²) in [6.45, 7) is 4.48. The van der Waals surface area contributed by atoms with Crippen molar-refractivity contribution in [3.63, 3.8) is 0 Å². The third-order valence-electron chi connectivity index (χ3n) is 4.80. The molecular weight excluding hydrogens is 302 g/mol. The van der Waals surface area contributed by atoms with Crippen LogP contribution in [0, 0.1) is 18.3 Å². The molecule has 2 atom stereocenters. The number of amides is 1. The Labute approximate surface area is 133 Å². The first-order valence-electron chi connectivity index (χ1n) is 7.60. The maximum Gasteiger partial charge on any atom is 0.328 e. The van der Waals surface area contributed by atoms with Crippen molar-refractivity contribution in [2.45, 2.75) is 13.5 Å². The Morgan fingerprint density at radius 3 is 3.04 bits per heavy atom. The second kappa shape index (κ2) is 5.93. The molecule has 8 heteroatoms. The van der Waals surface area contributed by atoms with Crippen molar-refractivity contribution < 1.29 is 14.3 Å². The van der Waals surface area contributed by atoms with Crippen LogP contribution in [0.15, 0.2) is 15.8 Å². The van der Waals surface area contributed by atoms with Gasteiger partial charge in [-0.1, -0.05) is 0 Å². The van der Waals surface area contributed by atoms with Crippen LogP contribution in [0.3, 0.4) is 0 Å². The van der Waals surface area contributed by atoms with Gasteiger partial charge >= 0.3 is 5.69 Å². The van der Waals surface area contributed by atoms with Crippen LogP contribution in [0.1, 0.15) is 5.56 Å². The lowest BCUT2D eigenvalue weighted by molar-refractivity contribution is -0.131. The van der Waals surface area contributed by atoms with Crippen LogP contribution in [0.4, 0.5) is 0 Å². The van der Waals surface area contributed by atoms with E-state index in [9.17, 15) is 14.4 Å². The first-order valence-corrected chi connectivity index (χ1v) is 7.60. The molecule has 1 N–H and O–H groups in total. The van der Waals surface area contributed by atoms with Gasteiger partial charge in [0.05, 0.1) is 19.8 Å². The second-order valence-corrected chi connectivity index (χ2v) is 6.48. The molecule has 8 nitrogen and oxygen atoms in total. The predicted molar refractivity (Wildman–Crippen MR) is 81.3 cm³/mol. The van der Waals surface area contributed by atoms with Gasteiger partial charge in [0.1, 0.15) is 6.54 Å². The van der Waals surface area contributed by atoms with E-state index in [-0.39, 0.29) is 23.8 Å². The Balaban J connectivity index is 1.74. The van der Waals surface area contributed by atoms with Gasteiger partial charge in [-0.2, -0.15) is 0 Å². The number of nitrogens with zero attached hydrogens (tertiary/aromatic N) is 2. The average Bonchev–Trinajstić information content (AvgIpc) is 3.01. The maximum absolute atomic E-state index is 12.5. The Morgan fingerprint density at radius 2 is 2.30 bits per heavy atom. The van der Waals surface area contributed by atoms with E-state index in [0.717, 1.165) is 0 Å². The highest BCUT2D eigenvalue weighted by Crippen LogP contribution is 2.41. The molecule has 2 saturated heterocycles. The zero-order chi connectivity index (χ0) is 16.6. The van der Waals surface area contributed by atoms with Crippen molar-refractivity contribution in [2.24, 2.45) is 11.3 Å². The number of carbonyl (C=O) groups is 1. The lowest BCUT2D eigenvalue weighted by atomic mass is 9.82. The fourth-order valence-corrected chi connectivity index (χ4v) is 3.50. The largest absolute Gasteiger partial charge is 0.384 e. The monoisotopic (exact) mass is 323 g/mol. The van der Waals surface area contributed by atoms with Crippen LogP contribution in [0.25, 0.3) is 0 Å². The van der Waals surface area contributed by atoms with E-state index in [0.29, 0.717) is 38.5 Å². The lowest BCUT2D eigenvalue weighted by Gasteiger charge is -2.26. The number of H-pyrrole nitrogens is 1. The van der Waals surface area contributed by atoms with Gasteiger partial charge in [0.15, 0.2) is 0 Å². The van der Waals surface area contributed by atoms with E-state index < -0.39 is 11.2 Å². The molecule has 2 aliphatic rings. The number of fused-ring (bicyclic) bond motifs is 1. The van der Waals surface area contributed by atoms with Gasteiger partial charge in [0, 0.05) is 43.3 Å². The summed E-state index contributed by atoms with van der Waals surface area (Å²) in [7, 11) is 1.65. The highest BCUT2D eigenvalue weighted by atomic mass is 16.5. The number of rotatable bonds is 4. The number of aryl methyl sites for hydroxylation is 1. The van der Waals surface area contributed by atoms with Crippen LogP contribution in [-0.2, 0) is 20.8 Å². The van der Waals surface area contributed by atoms with Gasteiger partial charge in [-0.15, -0.1) is 0 Å². The molecule has 0 spiro atoms. The quantitative estimate of drug-likeness (QED) is 0.764. The Bertz CT molecular complexity index is 725. The number of ether oxygens (including phenoxy) is 2. The number of aromatic amines is 1. The van der Waals surface area contributed by atoms with Crippen LogP contribution in [0.5, 0.6) is 0 Å². The first-order chi connectivity index (χ1) is 10.9. The van der Waals surface area contributed by atoms with Crippen molar-refractivity contribution in [1.82, 2.24) is 14.5 Å². The summed E-state index contributed by atoms with van der Waals surface area (Å²) in [6, 6.07) is 0. The second-order valence-electron chi connectivity index (χ2n) is 6.48. The molecule has 0 radical (unpaired) electrons. The summed E-state index contributed by atoms with van der Waals surface area (Å²) in [6.07, 6.45) is 1.42. The van der Waals surface area contributed by atoms with E-state index in [4.69, 9.17) is 9.47 Å². The third-order valence-corrected chi connectivity index (χ3v) is 4.80. The topological polar surface area (TPSA) is 93.6 Å².